The van der Waals surface area contributed by atoms with Gasteiger partial charge in [-0.1, -0.05) is 29.8 Å². The van der Waals surface area contributed by atoms with Gasteiger partial charge in [-0.3, -0.25) is 0 Å². The smallest absolute Gasteiger partial charge is 0.209 e. The number of hydrogen-bond donors (Lipinski definition) is 1. The zero-order chi connectivity index (χ0) is 11.8. The van der Waals surface area contributed by atoms with E-state index in [2.05, 4.69) is 4.72 Å². The summed E-state index contributed by atoms with van der Waals surface area (Å²) < 4.78 is 25.5. The van der Waals surface area contributed by atoms with Gasteiger partial charge in [0.15, 0.2) is 0 Å². The van der Waals surface area contributed by atoms with E-state index in [0.717, 1.165) is 24.8 Å². The summed E-state index contributed by atoms with van der Waals surface area (Å²) in [7, 11) is -3.15. The molecule has 0 amide bonds. The van der Waals surface area contributed by atoms with Gasteiger partial charge < -0.3 is 0 Å². The van der Waals surface area contributed by atoms with E-state index in [1.807, 2.05) is 31.2 Å². The van der Waals surface area contributed by atoms with E-state index in [0.29, 0.717) is 0 Å². The van der Waals surface area contributed by atoms with Gasteiger partial charge in [-0.2, -0.15) is 0 Å². The Hall–Kier alpha value is -0.870. The fourth-order valence-corrected chi connectivity index (χ4v) is 3.24. The number of rotatable bonds is 3. The van der Waals surface area contributed by atoms with Crippen molar-refractivity contribution >= 4 is 10.0 Å². The van der Waals surface area contributed by atoms with Crippen molar-refractivity contribution in [1.82, 2.24) is 4.72 Å². The first-order valence-corrected chi connectivity index (χ1v) is 7.37. The first kappa shape index (κ1) is 11.6. The van der Waals surface area contributed by atoms with E-state index < -0.39 is 10.0 Å². The van der Waals surface area contributed by atoms with Crippen molar-refractivity contribution in [2.75, 3.05) is 6.26 Å². The molecule has 0 unspecified atom stereocenters. The average Bonchev–Trinajstić information content (AvgIpc) is 2.11. The molecule has 0 spiro atoms. The minimum atomic E-state index is -3.15. The Morgan fingerprint density at radius 1 is 1.19 bits per heavy atom. The summed E-state index contributed by atoms with van der Waals surface area (Å²) in [6.07, 6.45) is 4.09. The highest BCUT2D eigenvalue weighted by atomic mass is 32.2. The van der Waals surface area contributed by atoms with Crippen LogP contribution in [0.15, 0.2) is 24.3 Å². The zero-order valence-corrected chi connectivity index (χ0v) is 10.5. The summed E-state index contributed by atoms with van der Waals surface area (Å²) in [5.74, 6) is 0. The molecule has 1 N–H and O–H groups in total. The highest BCUT2D eigenvalue weighted by Gasteiger charge is 2.40. The zero-order valence-electron chi connectivity index (χ0n) is 9.66. The molecule has 1 saturated carbocycles. The largest absolute Gasteiger partial charge is 0.213 e. The molecule has 3 nitrogen and oxygen atoms in total. The Bertz CT molecular complexity index is 472. The third kappa shape index (κ3) is 2.28. The molecule has 0 aromatic heterocycles. The quantitative estimate of drug-likeness (QED) is 0.876. The van der Waals surface area contributed by atoms with E-state index >= 15 is 0 Å². The lowest BCUT2D eigenvalue weighted by atomic mass is 9.72. The van der Waals surface area contributed by atoms with Crippen LogP contribution >= 0.6 is 0 Å². The predicted octanol–water partition coefficient (Wildman–Crippen LogP) is 1.92. The summed E-state index contributed by atoms with van der Waals surface area (Å²) in [5.41, 5.74) is 1.92. The van der Waals surface area contributed by atoms with E-state index in [4.69, 9.17) is 0 Å². The van der Waals surface area contributed by atoms with Crippen molar-refractivity contribution in [2.24, 2.45) is 0 Å². The highest BCUT2D eigenvalue weighted by Crippen LogP contribution is 2.41. The minimum absolute atomic E-state index is 0.346. The Labute approximate surface area is 96.9 Å². The molecule has 0 saturated heterocycles. The second-order valence-electron chi connectivity index (χ2n) is 4.68. The van der Waals surface area contributed by atoms with Crippen LogP contribution in [-0.2, 0) is 15.6 Å². The van der Waals surface area contributed by atoms with Crippen LogP contribution < -0.4 is 4.72 Å². The van der Waals surface area contributed by atoms with Crippen molar-refractivity contribution in [2.45, 2.75) is 31.7 Å². The Morgan fingerprint density at radius 3 is 2.12 bits per heavy atom. The molecule has 0 aliphatic heterocycles. The average molecular weight is 239 g/mol. The third-order valence-electron chi connectivity index (χ3n) is 3.19. The number of sulfonamides is 1. The van der Waals surface area contributed by atoms with E-state index in [9.17, 15) is 8.42 Å². The summed E-state index contributed by atoms with van der Waals surface area (Å²) in [5, 5.41) is 0. The Kier molecular flexibility index (Phi) is 2.80. The number of aryl methyl sites for hydroxylation is 1. The van der Waals surface area contributed by atoms with Gasteiger partial charge in [0, 0.05) is 0 Å². The molecule has 0 atom stereocenters. The van der Waals surface area contributed by atoms with Gasteiger partial charge in [-0.25, -0.2) is 13.1 Å². The Morgan fingerprint density at radius 2 is 1.75 bits per heavy atom. The maximum Gasteiger partial charge on any atom is 0.209 e. The second kappa shape index (κ2) is 3.86. The molecule has 88 valence electrons. The molecular weight excluding hydrogens is 222 g/mol. The van der Waals surface area contributed by atoms with Crippen LogP contribution in [0.5, 0.6) is 0 Å². The second-order valence-corrected chi connectivity index (χ2v) is 6.42. The van der Waals surface area contributed by atoms with Crippen molar-refractivity contribution in [3.63, 3.8) is 0 Å². The number of nitrogens with one attached hydrogen (secondary N) is 1. The number of benzene rings is 1. The molecule has 1 aromatic carbocycles. The van der Waals surface area contributed by atoms with Crippen LogP contribution in [0, 0.1) is 6.92 Å². The van der Waals surface area contributed by atoms with Gasteiger partial charge in [0.25, 0.3) is 0 Å². The van der Waals surface area contributed by atoms with E-state index in [-0.39, 0.29) is 5.54 Å². The first-order valence-electron chi connectivity index (χ1n) is 5.47. The summed E-state index contributed by atoms with van der Waals surface area (Å²) in [4.78, 5) is 0. The lowest BCUT2D eigenvalue weighted by molar-refractivity contribution is 0.225. The van der Waals surface area contributed by atoms with Crippen LogP contribution in [-0.4, -0.2) is 14.7 Å². The van der Waals surface area contributed by atoms with Gasteiger partial charge in [0.2, 0.25) is 10.0 Å². The molecule has 2 rings (SSSR count). The van der Waals surface area contributed by atoms with Crippen molar-refractivity contribution in [3.05, 3.63) is 35.4 Å². The molecule has 0 bridgehead atoms. The fourth-order valence-electron chi connectivity index (χ4n) is 2.21. The van der Waals surface area contributed by atoms with Crippen molar-refractivity contribution < 1.29 is 8.42 Å². The van der Waals surface area contributed by atoms with Crippen LogP contribution in [0.2, 0.25) is 0 Å². The molecule has 0 radical (unpaired) electrons. The van der Waals surface area contributed by atoms with Gasteiger partial charge in [-0.15, -0.1) is 0 Å². The third-order valence-corrected chi connectivity index (χ3v) is 3.95. The maximum absolute atomic E-state index is 11.4. The monoisotopic (exact) mass is 239 g/mol. The molecule has 1 aliphatic rings. The summed E-state index contributed by atoms with van der Waals surface area (Å²) >= 11 is 0. The van der Waals surface area contributed by atoms with E-state index in [1.54, 1.807) is 0 Å². The molecular formula is C12H17NO2S. The molecule has 1 aliphatic carbocycles. The fraction of sp³-hybridized carbons (Fsp3) is 0.500. The topological polar surface area (TPSA) is 46.2 Å². The summed E-state index contributed by atoms with van der Waals surface area (Å²) in [6.45, 7) is 2.03. The molecule has 16 heavy (non-hydrogen) atoms. The van der Waals surface area contributed by atoms with Gasteiger partial charge >= 0.3 is 0 Å². The van der Waals surface area contributed by atoms with E-state index in [1.165, 1.54) is 11.8 Å². The van der Waals surface area contributed by atoms with Crippen LogP contribution in [0.3, 0.4) is 0 Å². The van der Waals surface area contributed by atoms with Gasteiger partial charge in [0.1, 0.15) is 0 Å². The standard InChI is InChI=1S/C12H17NO2S/c1-10-4-6-11(7-5-10)12(8-3-9-12)13-16(2,14)15/h4-7,13H,3,8-9H2,1-2H3. The number of hydrogen-bond acceptors (Lipinski definition) is 2. The molecule has 0 heterocycles. The molecule has 1 fully saturated rings. The van der Waals surface area contributed by atoms with Gasteiger partial charge in [-0.05, 0) is 31.7 Å². The van der Waals surface area contributed by atoms with Crippen molar-refractivity contribution in [3.8, 4) is 0 Å². The lowest BCUT2D eigenvalue weighted by Crippen LogP contribution is -2.50. The highest BCUT2D eigenvalue weighted by molar-refractivity contribution is 7.88. The first-order chi connectivity index (χ1) is 7.41. The van der Waals surface area contributed by atoms with Gasteiger partial charge in [0.05, 0.1) is 11.8 Å². The Balaban J connectivity index is 2.31. The lowest BCUT2D eigenvalue weighted by Gasteiger charge is -2.42. The summed E-state index contributed by atoms with van der Waals surface area (Å²) in [6, 6.07) is 8.10. The normalized spacial score (nSPS) is 19.1. The SMILES string of the molecule is Cc1ccc(C2(NS(C)(=O)=O)CCC2)cc1. The minimum Gasteiger partial charge on any atom is -0.213 e. The maximum atomic E-state index is 11.4. The molecule has 1 aromatic rings. The van der Waals surface area contributed by atoms with Crippen molar-refractivity contribution in [1.29, 1.82) is 0 Å². The van der Waals surface area contributed by atoms with Crippen LogP contribution in [0.25, 0.3) is 0 Å². The predicted molar refractivity (Wildman–Crippen MR) is 64.7 cm³/mol. The van der Waals surface area contributed by atoms with Crippen LogP contribution in [0.1, 0.15) is 30.4 Å². The molecule has 4 heteroatoms. The van der Waals surface area contributed by atoms with Crippen LogP contribution in [0.4, 0.5) is 0 Å².